The van der Waals surface area contributed by atoms with Crippen molar-refractivity contribution in [3.63, 3.8) is 0 Å². The summed E-state index contributed by atoms with van der Waals surface area (Å²) in [6.07, 6.45) is 1.09. The molecule has 0 fully saturated rings. The van der Waals surface area contributed by atoms with E-state index in [1.165, 1.54) is 4.90 Å². The number of sulfonamides is 1. The molecule has 0 aliphatic rings. The summed E-state index contributed by atoms with van der Waals surface area (Å²) < 4.78 is 37.5. The first-order valence-electron chi connectivity index (χ1n) is 10.4. The highest BCUT2D eigenvalue weighted by Gasteiger charge is 2.31. The third kappa shape index (κ3) is 6.04. The van der Waals surface area contributed by atoms with Gasteiger partial charge in [-0.05, 0) is 49.4 Å². The predicted molar refractivity (Wildman–Crippen MR) is 129 cm³/mol. The molecule has 1 atom stereocenters. The van der Waals surface area contributed by atoms with Crippen LogP contribution in [0.1, 0.15) is 12.5 Å². The van der Waals surface area contributed by atoms with E-state index in [1.807, 2.05) is 54.6 Å². The van der Waals surface area contributed by atoms with Crippen molar-refractivity contribution in [1.82, 2.24) is 4.90 Å². The van der Waals surface area contributed by atoms with Crippen LogP contribution in [0.25, 0.3) is 0 Å². The molecule has 3 aromatic carbocycles. The Hall–Kier alpha value is -3.52. The fraction of sp³-hybridized carbons (Fsp3) is 0.240. The lowest BCUT2D eigenvalue weighted by molar-refractivity contribution is -0.131. The van der Waals surface area contributed by atoms with E-state index in [4.69, 9.17) is 9.47 Å². The molecule has 174 valence electrons. The van der Waals surface area contributed by atoms with E-state index in [2.05, 4.69) is 0 Å². The molecule has 0 bridgehead atoms. The standard InChI is InChI=1S/C25H28N2O5S/c1-19(25(28)26(2)18-20-10-8-9-13-24(20)31-3)27(33(4,29)30)21-14-16-23(17-15-21)32-22-11-6-5-7-12-22/h5-17,19H,18H2,1-4H3. The van der Waals surface area contributed by atoms with Gasteiger partial charge in [0.1, 0.15) is 23.3 Å². The Morgan fingerprint density at radius 1 is 0.909 bits per heavy atom. The Morgan fingerprint density at radius 2 is 1.48 bits per heavy atom. The maximum atomic E-state index is 13.2. The van der Waals surface area contributed by atoms with Gasteiger partial charge < -0.3 is 14.4 Å². The molecule has 0 saturated heterocycles. The second-order valence-electron chi connectivity index (χ2n) is 7.65. The van der Waals surface area contributed by atoms with Crippen molar-refractivity contribution in [3.8, 4) is 17.2 Å². The summed E-state index contributed by atoms with van der Waals surface area (Å²) in [5.74, 6) is 1.56. The molecule has 0 saturated carbocycles. The van der Waals surface area contributed by atoms with Gasteiger partial charge in [0.25, 0.3) is 0 Å². The van der Waals surface area contributed by atoms with Crippen LogP contribution in [0.3, 0.4) is 0 Å². The summed E-state index contributed by atoms with van der Waals surface area (Å²) in [6, 6.07) is 22.3. The van der Waals surface area contributed by atoms with E-state index in [0.29, 0.717) is 22.9 Å². The molecular formula is C25H28N2O5S. The average molecular weight is 469 g/mol. The molecule has 0 heterocycles. The van der Waals surface area contributed by atoms with Gasteiger partial charge >= 0.3 is 0 Å². The smallest absolute Gasteiger partial charge is 0.246 e. The van der Waals surface area contributed by atoms with Crippen LogP contribution in [0.15, 0.2) is 78.9 Å². The first kappa shape index (κ1) is 24.1. The van der Waals surface area contributed by atoms with E-state index in [1.54, 1.807) is 45.3 Å². The molecule has 1 amide bonds. The zero-order valence-electron chi connectivity index (χ0n) is 19.1. The topological polar surface area (TPSA) is 76.2 Å². The van der Waals surface area contributed by atoms with E-state index in [-0.39, 0.29) is 12.5 Å². The molecule has 1 unspecified atom stereocenters. The van der Waals surface area contributed by atoms with Gasteiger partial charge in [-0.3, -0.25) is 9.10 Å². The largest absolute Gasteiger partial charge is 0.496 e. The van der Waals surface area contributed by atoms with Crippen LogP contribution in [0.2, 0.25) is 0 Å². The van der Waals surface area contributed by atoms with Crippen LogP contribution in [0.5, 0.6) is 17.2 Å². The molecule has 0 aliphatic heterocycles. The van der Waals surface area contributed by atoms with Gasteiger partial charge in [0.05, 0.1) is 19.1 Å². The lowest BCUT2D eigenvalue weighted by Crippen LogP contribution is -2.48. The van der Waals surface area contributed by atoms with Crippen LogP contribution >= 0.6 is 0 Å². The molecule has 0 aliphatic carbocycles. The number of rotatable bonds is 9. The molecule has 8 heteroatoms. The van der Waals surface area contributed by atoms with Gasteiger partial charge in [0.15, 0.2) is 0 Å². The Labute approximate surface area is 195 Å². The van der Waals surface area contributed by atoms with Crippen molar-refractivity contribution in [2.24, 2.45) is 0 Å². The molecule has 0 spiro atoms. The van der Waals surface area contributed by atoms with E-state index in [0.717, 1.165) is 16.1 Å². The zero-order chi connectivity index (χ0) is 24.0. The quantitative estimate of drug-likeness (QED) is 0.468. The summed E-state index contributed by atoms with van der Waals surface area (Å²) in [7, 11) is -0.522. The molecule has 0 aromatic heterocycles. The van der Waals surface area contributed by atoms with Gasteiger partial charge in [-0.2, -0.15) is 0 Å². The van der Waals surface area contributed by atoms with Crippen molar-refractivity contribution in [2.75, 3.05) is 24.7 Å². The monoisotopic (exact) mass is 468 g/mol. The minimum atomic E-state index is -3.73. The molecule has 0 radical (unpaired) electrons. The van der Waals surface area contributed by atoms with Crippen molar-refractivity contribution >= 4 is 21.6 Å². The maximum Gasteiger partial charge on any atom is 0.246 e. The van der Waals surface area contributed by atoms with Crippen LogP contribution in [0.4, 0.5) is 5.69 Å². The molecule has 3 aromatic rings. The van der Waals surface area contributed by atoms with Gasteiger partial charge in [-0.25, -0.2) is 8.42 Å². The van der Waals surface area contributed by atoms with Crippen molar-refractivity contribution in [3.05, 3.63) is 84.4 Å². The SMILES string of the molecule is COc1ccccc1CN(C)C(=O)C(C)N(c1ccc(Oc2ccccc2)cc1)S(C)(=O)=O. The molecule has 3 rings (SSSR count). The number of anilines is 1. The fourth-order valence-electron chi connectivity index (χ4n) is 3.57. The Morgan fingerprint density at radius 3 is 2.09 bits per heavy atom. The van der Waals surface area contributed by atoms with Crippen LogP contribution in [-0.4, -0.2) is 45.7 Å². The average Bonchev–Trinajstić information content (AvgIpc) is 2.80. The van der Waals surface area contributed by atoms with Crippen LogP contribution < -0.4 is 13.8 Å². The van der Waals surface area contributed by atoms with Gasteiger partial charge in [-0.1, -0.05) is 36.4 Å². The molecule has 33 heavy (non-hydrogen) atoms. The van der Waals surface area contributed by atoms with Gasteiger partial charge in [-0.15, -0.1) is 0 Å². The number of carbonyl (C=O) groups is 1. The Bertz CT molecular complexity index is 1180. The number of amides is 1. The molecule has 7 nitrogen and oxygen atoms in total. The minimum absolute atomic E-state index is 0.286. The highest BCUT2D eigenvalue weighted by Crippen LogP contribution is 2.27. The first-order chi connectivity index (χ1) is 15.7. The van der Waals surface area contributed by atoms with E-state index < -0.39 is 16.1 Å². The number of benzene rings is 3. The van der Waals surface area contributed by atoms with Crippen LogP contribution in [-0.2, 0) is 21.4 Å². The zero-order valence-corrected chi connectivity index (χ0v) is 20.0. The number of para-hydroxylation sites is 2. The second kappa shape index (κ2) is 10.4. The van der Waals surface area contributed by atoms with Gasteiger partial charge in [0, 0.05) is 19.2 Å². The highest BCUT2D eigenvalue weighted by molar-refractivity contribution is 7.92. The summed E-state index contributed by atoms with van der Waals surface area (Å²) in [5.41, 5.74) is 1.21. The van der Waals surface area contributed by atoms with Crippen molar-refractivity contribution in [1.29, 1.82) is 0 Å². The summed E-state index contributed by atoms with van der Waals surface area (Å²) >= 11 is 0. The van der Waals surface area contributed by atoms with Crippen LogP contribution in [0, 0.1) is 0 Å². The summed E-state index contributed by atoms with van der Waals surface area (Å²) in [6.45, 7) is 1.87. The predicted octanol–water partition coefficient (Wildman–Crippen LogP) is 4.30. The lowest BCUT2D eigenvalue weighted by Gasteiger charge is -2.31. The molecule has 0 N–H and O–H groups in total. The number of methoxy groups -OCH3 is 1. The first-order valence-corrected chi connectivity index (χ1v) is 12.2. The van der Waals surface area contributed by atoms with Crippen molar-refractivity contribution < 1.29 is 22.7 Å². The van der Waals surface area contributed by atoms with Gasteiger partial charge in [0.2, 0.25) is 15.9 Å². The second-order valence-corrected chi connectivity index (χ2v) is 9.51. The number of hydrogen-bond acceptors (Lipinski definition) is 5. The molecular weight excluding hydrogens is 440 g/mol. The third-order valence-electron chi connectivity index (χ3n) is 5.11. The fourth-order valence-corrected chi connectivity index (χ4v) is 4.74. The Balaban J connectivity index is 1.79. The highest BCUT2D eigenvalue weighted by atomic mass is 32.2. The normalized spacial score (nSPS) is 12.0. The Kier molecular flexibility index (Phi) is 7.60. The number of hydrogen-bond donors (Lipinski definition) is 0. The van der Waals surface area contributed by atoms with E-state index in [9.17, 15) is 13.2 Å². The number of ether oxygens (including phenoxy) is 2. The maximum absolute atomic E-state index is 13.2. The number of nitrogens with zero attached hydrogens (tertiary/aromatic N) is 2. The summed E-state index contributed by atoms with van der Waals surface area (Å²) in [4.78, 5) is 14.7. The van der Waals surface area contributed by atoms with Crippen molar-refractivity contribution in [2.45, 2.75) is 19.5 Å². The number of carbonyl (C=O) groups excluding carboxylic acids is 1. The third-order valence-corrected chi connectivity index (χ3v) is 6.35. The number of likely N-dealkylation sites (N-methyl/N-ethyl adjacent to an activating group) is 1. The summed E-state index contributed by atoms with van der Waals surface area (Å²) in [5, 5.41) is 0. The lowest BCUT2D eigenvalue weighted by atomic mass is 10.1. The minimum Gasteiger partial charge on any atom is -0.496 e. The van der Waals surface area contributed by atoms with E-state index >= 15 is 0 Å².